The molecule has 1 aliphatic heterocycles. The lowest BCUT2D eigenvalue weighted by atomic mass is 10.1. The number of nitrogens with zero attached hydrogens (tertiary/aromatic N) is 1. The Morgan fingerprint density at radius 3 is 2.85 bits per heavy atom. The second-order valence-corrected chi connectivity index (χ2v) is 3.05. The minimum Gasteiger partial charge on any atom is -0.619 e. The van der Waals surface area contributed by atoms with Crippen LogP contribution in [0.15, 0.2) is 24.5 Å². The highest BCUT2D eigenvalue weighted by molar-refractivity contribution is 5.12. The van der Waals surface area contributed by atoms with Gasteiger partial charge in [0.05, 0.1) is 12.7 Å². The van der Waals surface area contributed by atoms with E-state index in [2.05, 4.69) is 5.32 Å². The van der Waals surface area contributed by atoms with Gasteiger partial charge in [-0.3, -0.25) is 0 Å². The van der Waals surface area contributed by atoms with Gasteiger partial charge in [0, 0.05) is 25.2 Å². The lowest BCUT2D eigenvalue weighted by Gasteiger charge is -2.23. The molecule has 70 valence electrons. The largest absolute Gasteiger partial charge is 0.619 e. The van der Waals surface area contributed by atoms with Crippen molar-refractivity contribution >= 4 is 0 Å². The van der Waals surface area contributed by atoms with Gasteiger partial charge < -0.3 is 15.3 Å². The molecule has 1 unspecified atom stereocenters. The van der Waals surface area contributed by atoms with Crippen molar-refractivity contribution in [2.24, 2.45) is 0 Å². The number of nitrogens with one attached hydrogen (secondary N) is 1. The Balaban J connectivity index is 2.10. The Kier molecular flexibility index (Phi) is 2.42. The van der Waals surface area contributed by atoms with Crippen LogP contribution in [0.5, 0.6) is 0 Å². The van der Waals surface area contributed by atoms with E-state index in [0.29, 0.717) is 0 Å². The fourth-order valence-electron chi connectivity index (χ4n) is 1.42. The summed E-state index contributed by atoms with van der Waals surface area (Å²) in [6.07, 6.45) is 3.08. The zero-order valence-corrected chi connectivity index (χ0v) is 7.27. The molecule has 1 fully saturated rings. The lowest BCUT2D eigenvalue weighted by Crippen LogP contribution is -2.34. The SMILES string of the molecule is [O-][n+]1ccc(C2CNCCO2)cc1. The molecule has 13 heavy (non-hydrogen) atoms. The molecular weight excluding hydrogens is 168 g/mol. The average Bonchev–Trinajstić information content (AvgIpc) is 2.20. The molecule has 0 amide bonds. The first kappa shape index (κ1) is 8.47. The predicted molar refractivity (Wildman–Crippen MR) is 47.0 cm³/mol. The van der Waals surface area contributed by atoms with Crippen LogP contribution in [0, 0.1) is 5.21 Å². The molecule has 2 heterocycles. The maximum absolute atomic E-state index is 10.8. The van der Waals surface area contributed by atoms with Gasteiger partial charge in [0.2, 0.25) is 0 Å². The summed E-state index contributed by atoms with van der Waals surface area (Å²) in [6.45, 7) is 2.46. The number of aromatic nitrogens is 1. The van der Waals surface area contributed by atoms with E-state index in [1.807, 2.05) is 0 Å². The standard InChI is InChI=1S/C9H12N2O2/c12-11-4-1-8(2-5-11)9-7-10-3-6-13-9/h1-2,4-5,9-10H,3,6-7H2. The van der Waals surface area contributed by atoms with Crippen LogP contribution in [-0.4, -0.2) is 19.7 Å². The fourth-order valence-corrected chi connectivity index (χ4v) is 1.42. The van der Waals surface area contributed by atoms with Crippen molar-refractivity contribution in [1.82, 2.24) is 5.32 Å². The fraction of sp³-hybridized carbons (Fsp3) is 0.444. The second kappa shape index (κ2) is 3.72. The van der Waals surface area contributed by atoms with Crippen LogP contribution in [0.3, 0.4) is 0 Å². The summed E-state index contributed by atoms with van der Waals surface area (Å²) in [4.78, 5) is 0. The number of rotatable bonds is 1. The third-order valence-electron chi connectivity index (χ3n) is 2.13. The zero-order valence-electron chi connectivity index (χ0n) is 7.27. The third kappa shape index (κ3) is 1.96. The summed E-state index contributed by atoms with van der Waals surface area (Å²) in [5, 5.41) is 14.0. The maximum Gasteiger partial charge on any atom is 0.180 e. The Morgan fingerprint density at radius 1 is 1.46 bits per heavy atom. The Morgan fingerprint density at radius 2 is 2.23 bits per heavy atom. The van der Waals surface area contributed by atoms with E-state index in [0.717, 1.165) is 30.0 Å². The van der Waals surface area contributed by atoms with Gasteiger partial charge in [0.1, 0.15) is 0 Å². The van der Waals surface area contributed by atoms with Gasteiger partial charge in [0.15, 0.2) is 12.4 Å². The third-order valence-corrected chi connectivity index (χ3v) is 2.13. The molecule has 0 aliphatic carbocycles. The summed E-state index contributed by atoms with van der Waals surface area (Å²) in [6, 6.07) is 3.59. The van der Waals surface area contributed by atoms with E-state index in [-0.39, 0.29) is 6.10 Å². The highest BCUT2D eigenvalue weighted by atomic mass is 16.5. The lowest BCUT2D eigenvalue weighted by molar-refractivity contribution is -0.605. The molecule has 1 aliphatic rings. The Bertz CT molecular complexity index is 267. The molecular formula is C9H12N2O2. The van der Waals surface area contributed by atoms with Gasteiger partial charge in [-0.15, -0.1) is 0 Å². The van der Waals surface area contributed by atoms with Crippen molar-refractivity contribution in [3.8, 4) is 0 Å². The predicted octanol–water partition coefficient (Wildman–Crippen LogP) is -0.0191. The normalized spacial score (nSPS) is 22.9. The van der Waals surface area contributed by atoms with Crippen molar-refractivity contribution in [1.29, 1.82) is 0 Å². The van der Waals surface area contributed by atoms with Gasteiger partial charge >= 0.3 is 0 Å². The quantitative estimate of drug-likeness (QED) is 0.488. The first-order valence-electron chi connectivity index (χ1n) is 4.37. The summed E-state index contributed by atoms with van der Waals surface area (Å²) < 4.78 is 6.31. The summed E-state index contributed by atoms with van der Waals surface area (Å²) in [5.74, 6) is 0. The van der Waals surface area contributed by atoms with Gasteiger partial charge in [-0.2, -0.15) is 4.73 Å². The molecule has 2 rings (SSSR count). The summed E-state index contributed by atoms with van der Waals surface area (Å²) in [7, 11) is 0. The molecule has 1 saturated heterocycles. The molecule has 0 radical (unpaired) electrons. The monoisotopic (exact) mass is 180 g/mol. The summed E-state index contributed by atoms with van der Waals surface area (Å²) >= 11 is 0. The number of hydrogen-bond donors (Lipinski definition) is 1. The Labute approximate surface area is 76.7 Å². The van der Waals surface area contributed by atoms with E-state index in [1.165, 1.54) is 12.4 Å². The topological polar surface area (TPSA) is 48.2 Å². The van der Waals surface area contributed by atoms with Crippen molar-refractivity contribution in [2.45, 2.75) is 6.10 Å². The molecule has 4 nitrogen and oxygen atoms in total. The molecule has 1 aromatic heterocycles. The minimum atomic E-state index is 0.0925. The molecule has 0 spiro atoms. The number of ether oxygens (including phenoxy) is 1. The summed E-state index contributed by atoms with van der Waals surface area (Å²) in [5.41, 5.74) is 1.05. The van der Waals surface area contributed by atoms with Crippen molar-refractivity contribution in [3.63, 3.8) is 0 Å². The number of morpholine rings is 1. The van der Waals surface area contributed by atoms with Crippen LogP contribution >= 0.6 is 0 Å². The molecule has 1 N–H and O–H groups in total. The van der Waals surface area contributed by atoms with E-state index < -0.39 is 0 Å². The van der Waals surface area contributed by atoms with E-state index in [9.17, 15) is 5.21 Å². The molecule has 0 aromatic carbocycles. The highest BCUT2D eigenvalue weighted by Crippen LogP contribution is 2.16. The average molecular weight is 180 g/mol. The molecule has 1 aromatic rings. The Hall–Kier alpha value is -1.13. The van der Waals surface area contributed by atoms with Crippen molar-refractivity contribution in [3.05, 3.63) is 35.3 Å². The second-order valence-electron chi connectivity index (χ2n) is 3.05. The van der Waals surface area contributed by atoms with Gasteiger partial charge in [-0.05, 0) is 5.56 Å². The van der Waals surface area contributed by atoms with Crippen LogP contribution in [0.25, 0.3) is 0 Å². The highest BCUT2D eigenvalue weighted by Gasteiger charge is 2.15. The zero-order chi connectivity index (χ0) is 9.10. The maximum atomic E-state index is 10.8. The van der Waals surface area contributed by atoms with Gasteiger partial charge in [-0.1, -0.05) is 0 Å². The van der Waals surface area contributed by atoms with Crippen LogP contribution < -0.4 is 10.0 Å². The van der Waals surface area contributed by atoms with E-state index in [4.69, 9.17) is 4.74 Å². The van der Waals surface area contributed by atoms with Crippen LogP contribution in [0.4, 0.5) is 0 Å². The van der Waals surface area contributed by atoms with E-state index >= 15 is 0 Å². The first-order valence-corrected chi connectivity index (χ1v) is 4.37. The van der Waals surface area contributed by atoms with Crippen LogP contribution in [0.2, 0.25) is 0 Å². The van der Waals surface area contributed by atoms with Gasteiger partial charge in [-0.25, -0.2) is 0 Å². The molecule has 0 saturated carbocycles. The smallest absolute Gasteiger partial charge is 0.180 e. The van der Waals surface area contributed by atoms with Crippen LogP contribution in [0.1, 0.15) is 11.7 Å². The number of pyridine rings is 1. The van der Waals surface area contributed by atoms with Crippen molar-refractivity contribution in [2.75, 3.05) is 19.7 Å². The molecule has 4 heteroatoms. The first-order chi connectivity index (χ1) is 6.36. The van der Waals surface area contributed by atoms with Crippen LogP contribution in [-0.2, 0) is 4.74 Å². The van der Waals surface area contributed by atoms with E-state index in [1.54, 1.807) is 12.1 Å². The minimum absolute atomic E-state index is 0.0925. The number of hydrogen-bond acceptors (Lipinski definition) is 3. The molecule has 1 atom stereocenters. The van der Waals surface area contributed by atoms with Gasteiger partial charge in [0.25, 0.3) is 0 Å². The molecule has 0 bridgehead atoms. The van der Waals surface area contributed by atoms with Crippen molar-refractivity contribution < 1.29 is 9.47 Å².